The van der Waals surface area contributed by atoms with Crippen LogP contribution < -0.4 is 5.19 Å². The summed E-state index contributed by atoms with van der Waals surface area (Å²) in [5.74, 6) is 0. The Morgan fingerprint density at radius 3 is 2.32 bits per heavy atom. The molecule has 0 aliphatic rings. The van der Waals surface area contributed by atoms with E-state index in [4.69, 9.17) is 13.3 Å². The third-order valence-corrected chi connectivity index (χ3v) is 11.7. The molecule has 25 heavy (non-hydrogen) atoms. The summed E-state index contributed by atoms with van der Waals surface area (Å²) in [6.45, 7) is 5.86. The number of aliphatic hydroxyl groups excluding tert-OH is 2. The van der Waals surface area contributed by atoms with Gasteiger partial charge in [0.15, 0.2) is 0 Å². The zero-order valence-electron chi connectivity index (χ0n) is 15.6. The first-order valence-corrected chi connectivity index (χ1v) is 13.3. The second-order valence-corrected chi connectivity index (χ2v) is 13.2. The minimum atomic E-state index is -3.04. The summed E-state index contributed by atoms with van der Waals surface area (Å²) in [5.41, 5.74) is 0. The van der Waals surface area contributed by atoms with Gasteiger partial charge in [0.25, 0.3) is 0 Å². The summed E-state index contributed by atoms with van der Waals surface area (Å²) in [7, 11) is -3.93. The number of aliphatic hydroxyl groups is 2. The molecule has 0 amide bonds. The molecule has 6 nitrogen and oxygen atoms in total. The van der Waals surface area contributed by atoms with Gasteiger partial charge in [-0.2, -0.15) is 0 Å². The van der Waals surface area contributed by atoms with Gasteiger partial charge >= 0.3 is 17.1 Å². The van der Waals surface area contributed by atoms with Crippen molar-refractivity contribution in [2.45, 2.75) is 51.1 Å². The SMILES string of the molecule is CC[Si](CCCOCC(O)C(C)O)(OC)O[Si](C)(O)c1ccccc1. The second-order valence-electron chi connectivity index (χ2n) is 6.41. The van der Waals surface area contributed by atoms with Crippen molar-refractivity contribution < 1.29 is 28.3 Å². The molecule has 1 aromatic rings. The van der Waals surface area contributed by atoms with E-state index in [0.29, 0.717) is 19.1 Å². The highest BCUT2D eigenvalue weighted by atomic mass is 28.5. The van der Waals surface area contributed by atoms with E-state index in [2.05, 4.69) is 0 Å². The highest BCUT2D eigenvalue weighted by Crippen LogP contribution is 2.24. The molecule has 0 bridgehead atoms. The lowest BCUT2D eigenvalue weighted by Crippen LogP contribution is -2.58. The van der Waals surface area contributed by atoms with Gasteiger partial charge in [-0.25, -0.2) is 0 Å². The first kappa shape index (κ1) is 22.5. The summed E-state index contributed by atoms with van der Waals surface area (Å²) in [6.07, 6.45) is -0.976. The van der Waals surface area contributed by atoms with Crippen LogP contribution in [0.25, 0.3) is 0 Å². The molecule has 3 N–H and O–H groups in total. The van der Waals surface area contributed by atoms with Crippen LogP contribution in [0, 0.1) is 0 Å². The molecule has 4 atom stereocenters. The molecule has 4 unspecified atom stereocenters. The monoisotopic (exact) mass is 388 g/mol. The molecule has 0 aromatic heterocycles. The van der Waals surface area contributed by atoms with Crippen molar-refractivity contribution in [1.82, 2.24) is 0 Å². The van der Waals surface area contributed by atoms with Crippen LogP contribution in [-0.4, -0.2) is 64.7 Å². The van der Waals surface area contributed by atoms with Crippen LogP contribution in [0.3, 0.4) is 0 Å². The van der Waals surface area contributed by atoms with Crippen LogP contribution in [0.5, 0.6) is 0 Å². The Labute approximate surface area is 152 Å². The number of hydrogen-bond donors (Lipinski definition) is 3. The summed E-state index contributed by atoms with van der Waals surface area (Å²) in [6, 6.07) is 10.9. The Kier molecular flexibility index (Phi) is 9.46. The molecule has 0 radical (unpaired) electrons. The van der Waals surface area contributed by atoms with Crippen LogP contribution in [0.2, 0.25) is 18.6 Å². The maximum Gasteiger partial charge on any atom is 0.357 e. The molecule has 0 aliphatic heterocycles. The van der Waals surface area contributed by atoms with E-state index in [0.717, 1.165) is 11.2 Å². The Bertz CT molecular complexity index is 479. The second kappa shape index (κ2) is 10.5. The Hall–Kier alpha value is -0.586. The number of hydrogen-bond acceptors (Lipinski definition) is 6. The summed E-state index contributed by atoms with van der Waals surface area (Å²) in [4.78, 5) is 10.9. The predicted octanol–water partition coefficient (Wildman–Crippen LogP) is 1.23. The largest absolute Gasteiger partial charge is 0.411 e. The van der Waals surface area contributed by atoms with Gasteiger partial charge in [0.2, 0.25) is 0 Å². The van der Waals surface area contributed by atoms with Gasteiger partial charge in [-0.1, -0.05) is 37.3 Å². The normalized spacial score (nSPS) is 19.0. The molecule has 0 saturated carbocycles. The van der Waals surface area contributed by atoms with Gasteiger partial charge in [0, 0.05) is 13.7 Å². The van der Waals surface area contributed by atoms with E-state index in [1.54, 1.807) is 13.7 Å². The maximum absolute atomic E-state index is 10.9. The van der Waals surface area contributed by atoms with Crippen LogP contribution in [0.4, 0.5) is 0 Å². The van der Waals surface area contributed by atoms with Crippen molar-refractivity contribution in [1.29, 1.82) is 0 Å². The molecule has 0 heterocycles. The van der Waals surface area contributed by atoms with E-state index in [1.165, 1.54) is 6.92 Å². The minimum absolute atomic E-state index is 0.0999. The van der Waals surface area contributed by atoms with Crippen molar-refractivity contribution in [3.63, 3.8) is 0 Å². The smallest absolute Gasteiger partial charge is 0.357 e. The van der Waals surface area contributed by atoms with Crippen molar-refractivity contribution >= 4 is 22.3 Å². The maximum atomic E-state index is 10.9. The number of rotatable bonds is 12. The molecule has 1 rings (SSSR count). The first-order valence-electron chi connectivity index (χ1n) is 8.73. The standard InChI is InChI=1S/C17H32O6Si2/c1-5-25(21-3,13-9-12-22-14-17(19)15(2)18)23-24(4,20)16-10-7-6-8-11-16/h6-8,10-11,15,17-20H,5,9,12-14H2,1-4H3. The Morgan fingerprint density at radius 1 is 1.16 bits per heavy atom. The molecule has 0 spiro atoms. The average Bonchev–Trinajstić information content (AvgIpc) is 2.60. The van der Waals surface area contributed by atoms with Gasteiger partial charge < -0.3 is 28.3 Å². The molecule has 144 valence electrons. The molecule has 0 aliphatic carbocycles. The highest BCUT2D eigenvalue weighted by molar-refractivity contribution is 6.87. The Balaban J connectivity index is 2.59. The van der Waals surface area contributed by atoms with E-state index in [-0.39, 0.29) is 6.61 Å². The highest BCUT2D eigenvalue weighted by Gasteiger charge is 2.43. The lowest BCUT2D eigenvalue weighted by atomic mass is 10.2. The molecule has 0 saturated heterocycles. The van der Waals surface area contributed by atoms with Crippen LogP contribution in [-0.2, 0) is 13.3 Å². The average molecular weight is 389 g/mol. The van der Waals surface area contributed by atoms with Gasteiger partial charge in [0.1, 0.15) is 6.10 Å². The summed E-state index contributed by atoms with van der Waals surface area (Å²) < 4.78 is 17.4. The lowest BCUT2D eigenvalue weighted by molar-refractivity contribution is -0.0303. The van der Waals surface area contributed by atoms with Crippen molar-refractivity contribution in [3.05, 3.63) is 30.3 Å². The van der Waals surface area contributed by atoms with E-state index in [9.17, 15) is 15.0 Å². The fourth-order valence-corrected chi connectivity index (χ4v) is 9.57. The van der Waals surface area contributed by atoms with Crippen LogP contribution in [0.15, 0.2) is 30.3 Å². The summed E-state index contributed by atoms with van der Waals surface area (Å²) in [5, 5.41) is 19.6. The summed E-state index contributed by atoms with van der Waals surface area (Å²) >= 11 is 0. The van der Waals surface area contributed by atoms with E-state index in [1.807, 2.05) is 37.3 Å². The molecular weight excluding hydrogens is 356 g/mol. The Morgan fingerprint density at radius 2 is 1.80 bits per heavy atom. The number of benzene rings is 1. The van der Waals surface area contributed by atoms with Crippen molar-refractivity contribution in [3.8, 4) is 0 Å². The van der Waals surface area contributed by atoms with Gasteiger partial charge in [-0.15, -0.1) is 0 Å². The van der Waals surface area contributed by atoms with Gasteiger partial charge in [-0.05, 0) is 37.2 Å². The quantitative estimate of drug-likeness (QED) is 0.369. The van der Waals surface area contributed by atoms with Gasteiger partial charge in [0.05, 0.1) is 12.7 Å². The molecule has 8 heteroatoms. The zero-order valence-corrected chi connectivity index (χ0v) is 17.6. The van der Waals surface area contributed by atoms with E-state index >= 15 is 0 Å². The van der Waals surface area contributed by atoms with Crippen molar-refractivity contribution in [2.24, 2.45) is 0 Å². The number of ether oxygens (including phenoxy) is 1. The third-order valence-electron chi connectivity index (χ3n) is 4.30. The lowest BCUT2D eigenvalue weighted by Gasteiger charge is -2.35. The molecule has 1 aromatic carbocycles. The fourth-order valence-electron chi connectivity index (χ4n) is 2.54. The van der Waals surface area contributed by atoms with Crippen LogP contribution in [0.1, 0.15) is 20.3 Å². The van der Waals surface area contributed by atoms with Gasteiger partial charge in [-0.3, -0.25) is 0 Å². The predicted molar refractivity (Wildman–Crippen MR) is 102 cm³/mol. The van der Waals surface area contributed by atoms with E-state index < -0.39 is 29.3 Å². The van der Waals surface area contributed by atoms with Crippen LogP contribution >= 0.6 is 0 Å². The minimum Gasteiger partial charge on any atom is -0.411 e. The zero-order chi connectivity index (χ0) is 18.9. The topological polar surface area (TPSA) is 88.4 Å². The molecular formula is C17H32O6Si2. The molecule has 0 fully saturated rings. The fraction of sp³-hybridized carbons (Fsp3) is 0.647. The first-order chi connectivity index (χ1) is 11.8. The van der Waals surface area contributed by atoms with Crippen molar-refractivity contribution in [2.75, 3.05) is 20.3 Å². The third kappa shape index (κ3) is 7.28.